The Balaban J connectivity index is 2.96. The van der Waals surface area contributed by atoms with E-state index in [-0.39, 0.29) is 0 Å². The van der Waals surface area contributed by atoms with E-state index in [9.17, 15) is 0 Å². The number of allylic oxidation sites excluding steroid dienone is 2. The predicted molar refractivity (Wildman–Crippen MR) is 95.3 cm³/mol. The van der Waals surface area contributed by atoms with E-state index in [1.807, 2.05) is 12.1 Å². The van der Waals surface area contributed by atoms with Crippen LogP contribution in [0.5, 0.6) is 11.5 Å². The lowest BCUT2D eigenvalue weighted by atomic mass is 9.99. The summed E-state index contributed by atoms with van der Waals surface area (Å²) in [7, 11) is 0. The van der Waals surface area contributed by atoms with E-state index in [1.165, 1.54) is 0 Å². The summed E-state index contributed by atoms with van der Waals surface area (Å²) in [5, 5.41) is 0.666. The van der Waals surface area contributed by atoms with Gasteiger partial charge in [-0.05, 0) is 43.2 Å². The zero-order valence-corrected chi connectivity index (χ0v) is 15.1. The number of rotatable bonds is 10. The minimum atomic E-state index is 0.461. The molecular weight excluding hydrogens is 296 g/mol. The standard InChI is InChI=1S/C19H29ClO2/c1-5-8-9-15(4)12-16-13-17(20)19(22-11-7-3)14-18(16)21-10-6-2/h8-9,13-15H,5-7,10-12H2,1-4H3/b9-8-. The van der Waals surface area contributed by atoms with Gasteiger partial charge in [-0.2, -0.15) is 0 Å². The van der Waals surface area contributed by atoms with Gasteiger partial charge in [-0.15, -0.1) is 0 Å². The smallest absolute Gasteiger partial charge is 0.141 e. The lowest BCUT2D eigenvalue weighted by molar-refractivity contribution is 0.299. The predicted octanol–water partition coefficient (Wildman–Crippen LogP) is 6.06. The molecule has 22 heavy (non-hydrogen) atoms. The molecule has 0 fully saturated rings. The first-order valence-electron chi connectivity index (χ1n) is 8.36. The first kappa shape index (κ1) is 18.9. The summed E-state index contributed by atoms with van der Waals surface area (Å²) < 4.78 is 11.6. The highest BCUT2D eigenvalue weighted by Gasteiger charge is 2.13. The van der Waals surface area contributed by atoms with Crippen LogP contribution in [-0.4, -0.2) is 13.2 Å². The van der Waals surface area contributed by atoms with Crippen LogP contribution < -0.4 is 9.47 Å². The SMILES string of the molecule is CC/C=C\C(C)Cc1cc(Cl)c(OCCC)cc1OCCC. The van der Waals surface area contributed by atoms with E-state index in [4.69, 9.17) is 21.1 Å². The van der Waals surface area contributed by atoms with Crippen molar-refractivity contribution in [3.05, 3.63) is 34.9 Å². The largest absolute Gasteiger partial charge is 0.493 e. The van der Waals surface area contributed by atoms with Gasteiger partial charge in [0, 0.05) is 6.07 Å². The summed E-state index contributed by atoms with van der Waals surface area (Å²) in [5.74, 6) is 2.08. The highest BCUT2D eigenvalue weighted by molar-refractivity contribution is 6.32. The first-order valence-corrected chi connectivity index (χ1v) is 8.74. The van der Waals surface area contributed by atoms with Gasteiger partial charge in [0.05, 0.1) is 18.2 Å². The third kappa shape index (κ3) is 6.31. The Morgan fingerprint density at radius 1 is 1.05 bits per heavy atom. The van der Waals surface area contributed by atoms with Crippen LogP contribution in [0.2, 0.25) is 5.02 Å². The highest BCUT2D eigenvalue weighted by atomic mass is 35.5. The summed E-state index contributed by atoms with van der Waals surface area (Å²) in [5.41, 5.74) is 1.15. The van der Waals surface area contributed by atoms with Crippen molar-refractivity contribution in [2.45, 2.75) is 53.4 Å². The molecule has 0 heterocycles. The van der Waals surface area contributed by atoms with Gasteiger partial charge in [0.25, 0.3) is 0 Å². The van der Waals surface area contributed by atoms with Crippen LogP contribution in [0.3, 0.4) is 0 Å². The highest BCUT2D eigenvalue weighted by Crippen LogP contribution is 2.34. The van der Waals surface area contributed by atoms with E-state index >= 15 is 0 Å². The summed E-state index contributed by atoms with van der Waals surface area (Å²) in [6, 6.07) is 3.94. The molecule has 0 radical (unpaired) electrons. The molecule has 0 bridgehead atoms. The quantitative estimate of drug-likeness (QED) is 0.487. The van der Waals surface area contributed by atoms with Gasteiger partial charge in [-0.25, -0.2) is 0 Å². The monoisotopic (exact) mass is 324 g/mol. The average molecular weight is 325 g/mol. The Hall–Kier alpha value is -1.15. The summed E-state index contributed by atoms with van der Waals surface area (Å²) in [6.45, 7) is 9.93. The van der Waals surface area contributed by atoms with Gasteiger partial charge in [0.15, 0.2) is 0 Å². The lowest BCUT2D eigenvalue weighted by Crippen LogP contribution is -2.04. The van der Waals surface area contributed by atoms with E-state index in [2.05, 4.69) is 39.8 Å². The maximum atomic E-state index is 6.36. The van der Waals surface area contributed by atoms with E-state index in [0.29, 0.717) is 24.2 Å². The Labute approximate surface area is 140 Å². The fourth-order valence-electron chi connectivity index (χ4n) is 2.19. The molecule has 0 saturated heterocycles. The second-order valence-corrected chi connectivity index (χ2v) is 6.01. The number of halogens is 1. The molecule has 2 nitrogen and oxygen atoms in total. The Morgan fingerprint density at radius 2 is 1.68 bits per heavy atom. The molecule has 0 aliphatic carbocycles. The zero-order chi connectivity index (χ0) is 16.4. The van der Waals surface area contributed by atoms with Crippen LogP contribution >= 0.6 is 11.6 Å². The Morgan fingerprint density at radius 3 is 2.27 bits per heavy atom. The van der Waals surface area contributed by atoms with E-state index < -0.39 is 0 Å². The van der Waals surface area contributed by atoms with Gasteiger partial charge < -0.3 is 9.47 Å². The van der Waals surface area contributed by atoms with Crippen molar-refractivity contribution >= 4 is 11.6 Å². The topological polar surface area (TPSA) is 18.5 Å². The van der Waals surface area contributed by atoms with Crippen molar-refractivity contribution in [1.29, 1.82) is 0 Å². The average Bonchev–Trinajstić information content (AvgIpc) is 2.51. The van der Waals surface area contributed by atoms with Crippen LogP contribution in [0.4, 0.5) is 0 Å². The third-order valence-corrected chi connectivity index (χ3v) is 3.58. The van der Waals surface area contributed by atoms with Crippen LogP contribution in [-0.2, 0) is 6.42 Å². The number of benzene rings is 1. The van der Waals surface area contributed by atoms with E-state index in [0.717, 1.165) is 42.7 Å². The molecule has 1 aromatic rings. The van der Waals surface area contributed by atoms with Crippen LogP contribution in [0, 0.1) is 5.92 Å². The third-order valence-electron chi connectivity index (χ3n) is 3.28. The summed E-state index contributed by atoms with van der Waals surface area (Å²) >= 11 is 6.36. The number of hydrogen-bond donors (Lipinski definition) is 0. The minimum absolute atomic E-state index is 0.461. The van der Waals surface area contributed by atoms with Gasteiger partial charge in [-0.3, -0.25) is 0 Å². The van der Waals surface area contributed by atoms with Gasteiger partial charge >= 0.3 is 0 Å². The minimum Gasteiger partial charge on any atom is -0.493 e. The second kappa shape index (κ2) is 10.6. The molecule has 1 atom stereocenters. The summed E-state index contributed by atoms with van der Waals surface area (Å²) in [6.07, 6.45) is 8.38. The van der Waals surface area contributed by atoms with Gasteiger partial charge in [-0.1, -0.05) is 51.4 Å². The maximum absolute atomic E-state index is 6.36. The Bertz CT molecular complexity index is 469. The summed E-state index contributed by atoms with van der Waals surface area (Å²) in [4.78, 5) is 0. The number of hydrogen-bond acceptors (Lipinski definition) is 2. The van der Waals surface area contributed by atoms with Crippen molar-refractivity contribution < 1.29 is 9.47 Å². The van der Waals surface area contributed by atoms with Gasteiger partial charge in [0.1, 0.15) is 11.5 Å². The molecule has 124 valence electrons. The molecule has 1 rings (SSSR count). The molecule has 0 aliphatic rings. The molecule has 0 saturated carbocycles. The Kier molecular flexibility index (Phi) is 9.07. The van der Waals surface area contributed by atoms with Gasteiger partial charge in [0.2, 0.25) is 0 Å². The number of ether oxygens (including phenoxy) is 2. The molecule has 0 spiro atoms. The van der Waals surface area contributed by atoms with Crippen molar-refractivity contribution in [2.75, 3.05) is 13.2 Å². The molecule has 3 heteroatoms. The lowest BCUT2D eigenvalue weighted by Gasteiger charge is -2.16. The van der Waals surface area contributed by atoms with Crippen molar-refractivity contribution in [3.63, 3.8) is 0 Å². The molecule has 0 N–H and O–H groups in total. The first-order chi connectivity index (χ1) is 10.6. The molecule has 1 unspecified atom stereocenters. The van der Waals surface area contributed by atoms with Crippen LogP contribution in [0.1, 0.15) is 52.5 Å². The van der Waals surface area contributed by atoms with Crippen molar-refractivity contribution in [1.82, 2.24) is 0 Å². The fourth-order valence-corrected chi connectivity index (χ4v) is 2.43. The van der Waals surface area contributed by atoms with Crippen LogP contribution in [0.15, 0.2) is 24.3 Å². The molecular formula is C19H29ClO2. The normalized spacial score (nSPS) is 12.6. The molecule has 1 aromatic carbocycles. The van der Waals surface area contributed by atoms with Crippen molar-refractivity contribution in [3.8, 4) is 11.5 Å². The van der Waals surface area contributed by atoms with Crippen molar-refractivity contribution in [2.24, 2.45) is 5.92 Å². The zero-order valence-electron chi connectivity index (χ0n) is 14.3. The van der Waals surface area contributed by atoms with Crippen LogP contribution in [0.25, 0.3) is 0 Å². The fraction of sp³-hybridized carbons (Fsp3) is 0.579. The maximum Gasteiger partial charge on any atom is 0.141 e. The molecule has 0 aliphatic heterocycles. The molecule has 0 aromatic heterocycles. The second-order valence-electron chi connectivity index (χ2n) is 5.61. The molecule has 0 amide bonds. The van der Waals surface area contributed by atoms with E-state index in [1.54, 1.807) is 0 Å².